The summed E-state index contributed by atoms with van der Waals surface area (Å²) >= 11 is 0. The number of amides is 3. The van der Waals surface area contributed by atoms with Crippen molar-refractivity contribution in [3.05, 3.63) is 65.2 Å². The molecule has 7 nitrogen and oxygen atoms in total. The number of carbonyl (C=O) groups is 2. The van der Waals surface area contributed by atoms with Crippen LogP contribution in [0, 0.1) is 13.8 Å². The Morgan fingerprint density at radius 2 is 1.63 bits per heavy atom. The molecule has 0 saturated carbocycles. The summed E-state index contributed by atoms with van der Waals surface area (Å²) < 4.78 is 27.3. The van der Waals surface area contributed by atoms with Crippen molar-refractivity contribution in [1.82, 2.24) is 14.5 Å². The molecule has 0 bridgehead atoms. The molecule has 8 heteroatoms. The standard InChI is InChI=1S/C22H25N3O4S/c1-16-6-8-18(9-7-16)15-25-20(26)22(23-21(25)27)10-12-24(13-11-22)30(28,29)19-5-3-4-17(2)14-19/h3-9,14H,10-13,15H2,1-2H3,(H,23,27). The van der Waals surface area contributed by atoms with Gasteiger partial charge in [0, 0.05) is 13.1 Å². The Bertz CT molecular complexity index is 1090. The van der Waals surface area contributed by atoms with Gasteiger partial charge in [-0.25, -0.2) is 13.2 Å². The van der Waals surface area contributed by atoms with Gasteiger partial charge in [0.1, 0.15) is 5.54 Å². The number of urea groups is 1. The highest BCUT2D eigenvalue weighted by Crippen LogP contribution is 2.32. The maximum absolute atomic E-state index is 13.1. The normalized spacial score (nSPS) is 19.3. The van der Waals surface area contributed by atoms with Crippen molar-refractivity contribution >= 4 is 22.0 Å². The zero-order valence-corrected chi connectivity index (χ0v) is 17.9. The van der Waals surface area contributed by atoms with Crippen LogP contribution in [-0.4, -0.2) is 48.2 Å². The van der Waals surface area contributed by atoms with E-state index < -0.39 is 21.6 Å². The first-order valence-electron chi connectivity index (χ1n) is 9.98. The maximum atomic E-state index is 13.1. The minimum atomic E-state index is -3.63. The summed E-state index contributed by atoms with van der Waals surface area (Å²) in [4.78, 5) is 27.1. The fourth-order valence-electron chi connectivity index (χ4n) is 4.07. The first-order chi connectivity index (χ1) is 14.2. The number of benzene rings is 2. The van der Waals surface area contributed by atoms with E-state index in [4.69, 9.17) is 0 Å². The highest BCUT2D eigenvalue weighted by molar-refractivity contribution is 7.89. The number of hydrogen-bond acceptors (Lipinski definition) is 4. The molecule has 2 heterocycles. The SMILES string of the molecule is Cc1ccc(CN2C(=O)NC3(CCN(S(=O)(=O)c4cccc(C)c4)CC3)C2=O)cc1. The van der Waals surface area contributed by atoms with Gasteiger partial charge in [0.2, 0.25) is 10.0 Å². The third kappa shape index (κ3) is 3.61. The van der Waals surface area contributed by atoms with Crippen LogP contribution in [-0.2, 0) is 21.4 Å². The van der Waals surface area contributed by atoms with E-state index in [2.05, 4.69) is 5.32 Å². The Morgan fingerprint density at radius 1 is 0.967 bits per heavy atom. The molecule has 0 radical (unpaired) electrons. The van der Waals surface area contributed by atoms with Gasteiger partial charge in [-0.1, -0.05) is 42.0 Å². The fraction of sp³-hybridized carbons (Fsp3) is 0.364. The number of nitrogens with zero attached hydrogens (tertiary/aromatic N) is 2. The minimum Gasteiger partial charge on any atom is -0.323 e. The summed E-state index contributed by atoms with van der Waals surface area (Å²) in [6.07, 6.45) is 0.514. The summed E-state index contributed by atoms with van der Waals surface area (Å²) in [5, 5.41) is 2.84. The summed E-state index contributed by atoms with van der Waals surface area (Å²) in [5.74, 6) is -0.277. The van der Waals surface area contributed by atoms with Crippen LogP contribution >= 0.6 is 0 Å². The van der Waals surface area contributed by atoms with Gasteiger partial charge < -0.3 is 5.32 Å². The lowest BCUT2D eigenvalue weighted by atomic mass is 9.88. The molecule has 1 N–H and O–H groups in total. The average molecular weight is 428 g/mol. The van der Waals surface area contributed by atoms with Gasteiger partial charge in [-0.15, -0.1) is 0 Å². The third-order valence-corrected chi connectivity index (χ3v) is 7.81. The molecule has 4 rings (SSSR count). The Morgan fingerprint density at radius 3 is 2.27 bits per heavy atom. The van der Waals surface area contributed by atoms with Crippen molar-refractivity contribution in [1.29, 1.82) is 0 Å². The van der Waals surface area contributed by atoms with Crippen LogP contribution in [0.5, 0.6) is 0 Å². The van der Waals surface area contributed by atoms with E-state index in [0.717, 1.165) is 16.7 Å². The zero-order chi connectivity index (χ0) is 21.5. The molecular weight excluding hydrogens is 402 g/mol. The topological polar surface area (TPSA) is 86.8 Å². The molecule has 158 valence electrons. The molecule has 2 aliphatic rings. The van der Waals surface area contributed by atoms with Crippen LogP contribution in [0.1, 0.15) is 29.5 Å². The number of imide groups is 1. The largest absolute Gasteiger partial charge is 0.325 e. The molecule has 0 aromatic heterocycles. The van der Waals surface area contributed by atoms with Gasteiger partial charge in [-0.3, -0.25) is 9.69 Å². The second-order valence-electron chi connectivity index (χ2n) is 8.11. The van der Waals surface area contributed by atoms with E-state index in [9.17, 15) is 18.0 Å². The molecule has 2 aromatic carbocycles. The number of aryl methyl sites for hydroxylation is 2. The second kappa shape index (κ2) is 7.52. The van der Waals surface area contributed by atoms with Crippen LogP contribution in [0.3, 0.4) is 0 Å². The van der Waals surface area contributed by atoms with E-state index >= 15 is 0 Å². The van der Waals surface area contributed by atoms with Crippen molar-refractivity contribution < 1.29 is 18.0 Å². The molecule has 0 atom stereocenters. The van der Waals surface area contributed by atoms with Crippen LogP contribution < -0.4 is 5.32 Å². The Hall–Kier alpha value is -2.71. The monoisotopic (exact) mass is 427 g/mol. The van der Waals surface area contributed by atoms with Gasteiger partial charge in [-0.05, 0) is 49.9 Å². The number of nitrogens with one attached hydrogen (secondary N) is 1. The van der Waals surface area contributed by atoms with Gasteiger partial charge in [0.15, 0.2) is 0 Å². The first-order valence-corrected chi connectivity index (χ1v) is 11.4. The van der Waals surface area contributed by atoms with E-state index in [0.29, 0.717) is 0 Å². The predicted molar refractivity (Wildman–Crippen MR) is 112 cm³/mol. The summed E-state index contributed by atoms with van der Waals surface area (Å²) in [5.41, 5.74) is 1.82. The average Bonchev–Trinajstić information content (AvgIpc) is 2.94. The molecule has 2 aliphatic heterocycles. The van der Waals surface area contributed by atoms with Crippen molar-refractivity contribution in [2.75, 3.05) is 13.1 Å². The van der Waals surface area contributed by atoms with Gasteiger partial charge in [-0.2, -0.15) is 4.31 Å². The summed E-state index contributed by atoms with van der Waals surface area (Å²) in [6.45, 7) is 4.39. The van der Waals surface area contributed by atoms with Crippen molar-refractivity contribution in [3.63, 3.8) is 0 Å². The van der Waals surface area contributed by atoms with Gasteiger partial charge in [0.25, 0.3) is 5.91 Å². The quantitative estimate of drug-likeness (QED) is 0.760. The highest BCUT2D eigenvalue weighted by Gasteiger charge is 2.53. The van der Waals surface area contributed by atoms with Crippen molar-refractivity contribution in [2.45, 2.75) is 43.7 Å². The van der Waals surface area contributed by atoms with Crippen LogP contribution in [0.15, 0.2) is 53.4 Å². The van der Waals surface area contributed by atoms with Gasteiger partial charge in [0.05, 0.1) is 11.4 Å². The van der Waals surface area contributed by atoms with E-state index in [1.165, 1.54) is 9.21 Å². The van der Waals surface area contributed by atoms with E-state index in [1.54, 1.807) is 18.2 Å². The number of carbonyl (C=O) groups excluding carboxylic acids is 2. The number of rotatable bonds is 4. The molecule has 1 spiro atoms. The number of piperidine rings is 1. The lowest BCUT2D eigenvalue weighted by Gasteiger charge is -2.36. The zero-order valence-electron chi connectivity index (χ0n) is 17.1. The summed E-state index contributed by atoms with van der Waals surface area (Å²) in [7, 11) is -3.63. The lowest BCUT2D eigenvalue weighted by Crippen LogP contribution is -2.55. The first kappa shape index (κ1) is 20.6. The molecule has 2 fully saturated rings. The molecule has 2 aromatic rings. The molecule has 0 aliphatic carbocycles. The Balaban J connectivity index is 1.48. The Labute approximate surface area is 176 Å². The van der Waals surface area contributed by atoms with E-state index in [1.807, 2.05) is 44.2 Å². The predicted octanol–water partition coefficient (Wildman–Crippen LogP) is 2.58. The lowest BCUT2D eigenvalue weighted by molar-refractivity contribution is -0.133. The summed E-state index contributed by atoms with van der Waals surface area (Å²) in [6, 6.07) is 14.1. The molecule has 2 saturated heterocycles. The Kier molecular flexibility index (Phi) is 5.15. The molecule has 3 amide bonds. The second-order valence-corrected chi connectivity index (χ2v) is 10.0. The smallest absolute Gasteiger partial charge is 0.323 e. The van der Waals surface area contributed by atoms with Crippen LogP contribution in [0.2, 0.25) is 0 Å². The number of sulfonamides is 1. The molecule has 30 heavy (non-hydrogen) atoms. The number of hydrogen-bond donors (Lipinski definition) is 1. The van der Waals surface area contributed by atoms with Crippen LogP contribution in [0.4, 0.5) is 4.79 Å². The maximum Gasteiger partial charge on any atom is 0.325 e. The van der Waals surface area contributed by atoms with Crippen LogP contribution in [0.25, 0.3) is 0 Å². The minimum absolute atomic E-state index is 0.181. The molecular formula is C22H25N3O4S. The van der Waals surface area contributed by atoms with Gasteiger partial charge >= 0.3 is 6.03 Å². The van der Waals surface area contributed by atoms with Crippen molar-refractivity contribution in [3.8, 4) is 0 Å². The van der Waals surface area contributed by atoms with E-state index in [-0.39, 0.29) is 43.3 Å². The third-order valence-electron chi connectivity index (χ3n) is 5.91. The fourth-order valence-corrected chi connectivity index (χ4v) is 5.61. The highest BCUT2D eigenvalue weighted by atomic mass is 32.2. The molecule has 0 unspecified atom stereocenters. The van der Waals surface area contributed by atoms with Crippen molar-refractivity contribution in [2.24, 2.45) is 0 Å².